The molecule has 2 aliphatic heterocycles. The molecule has 2 unspecified atom stereocenters. The maximum atomic E-state index is 12.9. The van der Waals surface area contributed by atoms with Crippen LogP contribution in [0.1, 0.15) is 36.3 Å². The molecule has 6 heteroatoms. The number of likely N-dealkylation sites (tertiary alicyclic amines) is 1. The van der Waals surface area contributed by atoms with Crippen LogP contribution in [0.4, 0.5) is 5.82 Å². The molecule has 2 aromatic rings. The van der Waals surface area contributed by atoms with Crippen molar-refractivity contribution in [3.05, 3.63) is 41.4 Å². The number of piperidine rings is 1. The number of aromatic nitrogens is 2. The van der Waals surface area contributed by atoms with Crippen LogP contribution in [0.2, 0.25) is 0 Å². The van der Waals surface area contributed by atoms with E-state index in [1.165, 1.54) is 0 Å². The Balaban J connectivity index is 1.41. The number of pyridine rings is 1. The van der Waals surface area contributed by atoms with Crippen molar-refractivity contribution in [1.29, 1.82) is 0 Å². The van der Waals surface area contributed by atoms with Crippen molar-refractivity contribution in [3.8, 4) is 0 Å². The van der Waals surface area contributed by atoms with E-state index in [0.717, 1.165) is 55.3 Å². The summed E-state index contributed by atoms with van der Waals surface area (Å²) in [6, 6.07) is 6.33. The molecule has 0 N–H and O–H groups in total. The van der Waals surface area contributed by atoms with E-state index in [9.17, 15) is 4.79 Å². The molecule has 4 rings (SSSR count). The first-order chi connectivity index (χ1) is 12.6. The Morgan fingerprint density at radius 1 is 1.27 bits per heavy atom. The zero-order valence-electron chi connectivity index (χ0n) is 15.5. The Bertz CT molecular complexity index is 754. The summed E-state index contributed by atoms with van der Waals surface area (Å²) >= 11 is 0. The van der Waals surface area contributed by atoms with Crippen LogP contribution < -0.4 is 4.90 Å². The maximum absolute atomic E-state index is 12.9. The molecule has 1 amide bonds. The van der Waals surface area contributed by atoms with Crippen LogP contribution >= 0.6 is 0 Å². The van der Waals surface area contributed by atoms with E-state index in [1.54, 1.807) is 0 Å². The standard InChI is InChI=1S/C20H26N4O2/c1-14-17(15(2)26-22-14)6-7-20(25)24-12-9-16-8-11-23(13-18(16)24)19-5-3-4-10-21-19/h3-5,10,16,18H,6-9,11-13H2,1-2H3. The van der Waals surface area contributed by atoms with Crippen LogP contribution in [0.3, 0.4) is 0 Å². The van der Waals surface area contributed by atoms with Crippen LogP contribution in [-0.4, -0.2) is 46.6 Å². The minimum atomic E-state index is 0.250. The first-order valence-electron chi connectivity index (χ1n) is 9.50. The predicted octanol–water partition coefficient (Wildman–Crippen LogP) is 2.75. The second-order valence-electron chi connectivity index (χ2n) is 7.43. The van der Waals surface area contributed by atoms with Crippen molar-refractivity contribution in [2.75, 3.05) is 24.5 Å². The topological polar surface area (TPSA) is 62.5 Å². The average molecular weight is 354 g/mol. The highest BCUT2D eigenvalue weighted by molar-refractivity contribution is 5.77. The first-order valence-corrected chi connectivity index (χ1v) is 9.50. The Morgan fingerprint density at radius 3 is 2.85 bits per heavy atom. The van der Waals surface area contributed by atoms with Crippen LogP contribution in [0.15, 0.2) is 28.9 Å². The third-order valence-electron chi connectivity index (χ3n) is 5.93. The summed E-state index contributed by atoms with van der Waals surface area (Å²) in [6.45, 7) is 6.65. The smallest absolute Gasteiger partial charge is 0.223 e. The van der Waals surface area contributed by atoms with Crippen molar-refractivity contribution >= 4 is 11.7 Å². The monoisotopic (exact) mass is 354 g/mol. The third kappa shape index (κ3) is 3.20. The lowest BCUT2D eigenvalue weighted by atomic mass is 9.92. The maximum Gasteiger partial charge on any atom is 0.223 e. The molecule has 0 radical (unpaired) electrons. The van der Waals surface area contributed by atoms with E-state index in [-0.39, 0.29) is 5.91 Å². The van der Waals surface area contributed by atoms with Gasteiger partial charge in [-0.2, -0.15) is 0 Å². The van der Waals surface area contributed by atoms with Gasteiger partial charge in [-0.3, -0.25) is 4.79 Å². The fraction of sp³-hybridized carbons (Fsp3) is 0.550. The number of nitrogens with zero attached hydrogens (tertiary/aromatic N) is 4. The molecule has 0 saturated carbocycles. The molecule has 138 valence electrons. The van der Waals surface area contributed by atoms with Crippen LogP contribution in [0, 0.1) is 19.8 Å². The zero-order valence-corrected chi connectivity index (χ0v) is 15.5. The predicted molar refractivity (Wildman–Crippen MR) is 99.0 cm³/mol. The van der Waals surface area contributed by atoms with Crippen molar-refractivity contribution in [2.24, 2.45) is 5.92 Å². The molecule has 2 atom stereocenters. The molecule has 0 spiro atoms. The number of amides is 1. The van der Waals surface area contributed by atoms with Crippen LogP contribution in [0.25, 0.3) is 0 Å². The summed E-state index contributed by atoms with van der Waals surface area (Å²) in [4.78, 5) is 21.8. The molecule has 0 aliphatic carbocycles. The zero-order chi connectivity index (χ0) is 18.1. The number of anilines is 1. The Morgan fingerprint density at radius 2 is 2.12 bits per heavy atom. The number of carbonyl (C=O) groups is 1. The van der Waals surface area contributed by atoms with Gasteiger partial charge >= 0.3 is 0 Å². The summed E-state index contributed by atoms with van der Waals surface area (Å²) in [5.41, 5.74) is 1.97. The molecular weight excluding hydrogens is 328 g/mol. The highest BCUT2D eigenvalue weighted by atomic mass is 16.5. The number of aryl methyl sites for hydroxylation is 2. The Labute approximate surface area is 154 Å². The minimum Gasteiger partial charge on any atom is -0.361 e. The van der Waals surface area contributed by atoms with Gasteiger partial charge in [-0.05, 0) is 51.2 Å². The van der Waals surface area contributed by atoms with Gasteiger partial charge in [-0.25, -0.2) is 4.98 Å². The number of hydrogen-bond acceptors (Lipinski definition) is 5. The van der Waals surface area contributed by atoms with E-state index in [1.807, 2.05) is 32.2 Å². The summed E-state index contributed by atoms with van der Waals surface area (Å²) in [6.07, 6.45) is 5.32. The molecule has 2 aliphatic rings. The minimum absolute atomic E-state index is 0.250. The summed E-state index contributed by atoms with van der Waals surface area (Å²) in [5.74, 6) is 2.72. The van der Waals surface area contributed by atoms with Gasteiger partial charge in [-0.1, -0.05) is 11.2 Å². The molecule has 2 fully saturated rings. The van der Waals surface area contributed by atoms with E-state index in [2.05, 4.69) is 26.0 Å². The highest BCUT2D eigenvalue weighted by Crippen LogP contribution is 2.33. The largest absolute Gasteiger partial charge is 0.361 e. The van der Waals surface area contributed by atoms with E-state index < -0.39 is 0 Å². The summed E-state index contributed by atoms with van der Waals surface area (Å²) < 4.78 is 5.21. The summed E-state index contributed by atoms with van der Waals surface area (Å²) in [5, 5.41) is 3.99. The molecule has 0 bridgehead atoms. The molecule has 2 aromatic heterocycles. The van der Waals surface area contributed by atoms with Gasteiger partial charge in [0.2, 0.25) is 5.91 Å². The Hall–Kier alpha value is -2.37. The van der Waals surface area contributed by atoms with E-state index in [4.69, 9.17) is 4.52 Å². The lowest BCUT2D eigenvalue weighted by Crippen LogP contribution is -2.50. The fourth-order valence-electron chi connectivity index (χ4n) is 4.43. The first kappa shape index (κ1) is 17.1. The van der Waals surface area contributed by atoms with Gasteiger partial charge in [0.1, 0.15) is 11.6 Å². The second-order valence-corrected chi connectivity index (χ2v) is 7.43. The molecular formula is C20H26N4O2. The van der Waals surface area contributed by atoms with Crippen molar-refractivity contribution in [1.82, 2.24) is 15.0 Å². The van der Waals surface area contributed by atoms with Gasteiger partial charge in [0.05, 0.1) is 11.7 Å². The third-order valence-corrected chi connectivity index (χ3v) is 5.93. The number of rotatable bonds is 4. The van der Waals surface area contributed by atoms with Crippen LogP contribution in [-0.2, 0) is 11.2 Å². The van der Waals surface area contributed by atoms with Crippen molar-refractivity contribution in [2.45, 2.75) is 45.6 Å². The quantitative estimate of drug-likeness (QED) is 0.845. The van der Waals surface area contributed by atoms with Gasteiger partial charge in [0.15, 0.2) is 0 Å². The number of hydrogen-bond donors (Lipinski definition) is 0. The lowest BCUT2D eigenvalue weighted by molar-refractivity contribution is -0.132. The van der Waals surface area contributed by atoms with E-state index >= 15 is 0 Å². The van der Waals surface area contributed by atoms with Gasteiger partial charge < -0.3 is 14.3 Å². The van der Waals surface area contributed by atoms with Gasteiger partial charge in [-0.15, -0.1) is 0 Å². The number of carbonyl (C=O) groups excluding carboxylic acids is 1. The Kier molecular flexibility index (Phi) is 4.66. The normalized spacial score (nSPS) is 22.5. The molecule has 4 heterocycles. The number of fused-ring (bicyclic) bond motifs is 1. The highest BCUT2D eigenvalue weighted by Gasteiger charge is 2.40. The second kappa shape index (κ2) is 7.09. The van der Waals surface area contributed by atoms with Crippen LogP contribution in [0.5, 0.6) is 0 Å². The van der Waals surface area contributed by atoms with Crippen molar-refractivity contribution in [3.63, 3.8) is 0 Å². The molecule has 26 heavy (non-hydrogen) atoms. The van der Waals surface area contributed by atoms with E-state index in [0.29, 0.717) is 24.8 Å². The SMILES string of the molecule is Cc1noc(C)c1CCC(=O)N1CCC2CCN(c3ccccn3)CC21. The van der Waals surface area contributed by atoms with Crippen molar-refractivity contribution < 1.29 is 9.32 Å². The van der Waals surface area contributed by atoms with Gasteiger partial charge in [0, 0.05) is 37.8 Å². The summed E-state index contributed by atoms with van der Waals surface area (Å²) in [7, 11) is 0. The fourth-order valence-corrected chi connectivity index (χ4v) is 4.43. The van der Waals surface area contributed by atoms with Gasteiger partial charge in [0.25, 0.3) is 0 Å². The molecule has 2 saturated heterocycles. The molecule has 0 aromatic carbocycles. The average Bonchev–Trinajstić information content (AvgIpc) is 3.23. The lowest BCUT2D eigenvalue weighted by Gasteiger charge is -2.39. The molecule has 6 nitrogen and oxygen atoms in total.